The highest BCUT2D eigenvalue weighted by molar-refractivity contribution is 5.42. The maximum absolute atomic E-state index is 4.10. The van der Waals surface area contributed by atoms with Crippen molar-refractivity contribution in [3.8, 4) is 0 Å². The van der Waals surface area contributed by atoms with Crippen LogP contribution in [0.2, 0.25) is 0 Å². The van der Waals surface area contributed by atoms with E-state index in [1.807, 2.05) is 12.3 Å². The molecule has 0 bridgehead atoms. The molecular formula is C11H18N2. The fourth-order valence-electron chi connectivity index (χ4n) is 1.28. The summed E-state index contributed by atoms with van der Waals surface area (Å²) in [5.74, 6) is 0.741. The van der Waals surface area contributed by atoms with Crippen LogP contribution in [0.15, 0.2) is 24.5 Å². The minimum absolute atomic E-state index is 0.741. The van der Waals surface area contributed by atoms with E-state index in [-0.39, 0.29) is 0 Å². The van der Waals surface area contributed by atoms with Crippen LogP contribution < -0.4 is 4.90 Å². The van der Waals surface area contributed by atoms with Gasteiger partial charge in [0, 0.05) is 19.8 Å². The molecule has 1 aromatic heterocycles. The first-order valence-corrected chi connectivity index (χ1v) is 4.85. The lowest BCUT2D eigenvalue weighted by Gasteiger charge is -2.22. The van der Waals surface area contributed by atoms with Crippen molar-refractivity contribution in [1.29, 1.82) is 0 Å². The molecule has 1 rings (SSSR count). The van der Waals surface area contributed by atoms with E-state index in [0.717, 1.165) is 12.5 Å². The van der Waals surface area contributed by atoms with Crippen molar-refractivity contribution in [2.75, 3.05) is 18.5 Å². The largest absolute Gasteiger partial charge is 0.373 e. The second-order valence-corrected chi connectivity index (χ2v) is 3.61. The van der Waals surface area contributed by atoms with Gasteiger partial charge in [0.05, 0.1) is 11.9 Å². The highest BCUT2D eigenvalue weighted by Gasteiger charge is 2.04. The molecule has 2 nitrogen and oxygen atoms in total. The van der Waals surface area contributed by atoms with E-state index < -0.39 is 0 Å². The number of aromatic nitrogens is 1. The Balaban J connectivity index is 2.53. The van der Waals surface area contributed by atoms with Crippen LogP contribution >= 0.6 is 0 Å². The Hall–Kier alpha value is -1.05. The summed E-state index contributed by atoms with van der Waals surface area (Å²) in [5.41, 5.74) is 1.20. The Labute approximate surface area is 80.6 Å². The van der Waals surface area contributed by atoms with E-state index in [9.17, 15) is 0 Å². The zero-order valence-corrected chi connectivity index (χ0v) is 8.70. The highest BCUT2D eigenvalue weighted by Crippen LogP contribution is 2.12. The van der Waals surface area contributed by atoms with Crippen molar-refractivity contribution in [3.63, 3.8) is 0 Å². The molecule has 0 saturated heterocycles. The Bertz CT molecular complexity index is 233. The molecule has 0 aromatic carbocycles. The van der Waals surface area contributed by atoms with Crippen LogP contribution in [0.1, 0.15) is 20.3 Å². The molecular weight excluding hydrogens is 160 g/mol. The number of hydrogen-bond acceptors (Lipinski definition) is 2. The number of anilines is 1. The maximum atomic E-state index is 4.10. The molecule has 0 spiro atoms. The minimum Gasteiger partial charge on any atom is -0.373 e. The summed E-state index contributed by atoms with van der Waals surface area (Å²) in [4.78, 5) is 6.35. The van der Waals surface area contributed by atoms with Gasteiger partial charge in [-0.3, -0.25) is 4.98 Å². The van der Waals surface area contributed by atoms with Crippen molar-refractivity contribution in [2.45, 2.75) is 20.3 Å². The number of rotatable bonds is 4. The lowest BCUT2D eigenvalue weighted by molar-refractivity contribution is 0.559. The molecule has 72 valence electrons. The third-order valence-electron chi connectivity index (χ3n) is 2.37. The topological polar surface area (TPSA) is 16.1 Å². The fourth-order valence-corrected chi connectivity index (χ4v) is 1.28. The molecule has 1 atom stereocenters. The lowest BCUT2D eigenvalue weighted by atomic mass is 10.1. The monoisotopic (exact) mass is 178 g/mol. The summed E-state index contributed by atoms with van der Waals surface area (Å²) < 4.78 is 0. The van der Waals surface area contributed by atoms with Crippen LogP contribution in [0.5, 0.6) is 0 Å². The molecule has 1 unspecified atom stereocenters. The van der Waals surface area contributed by atoms with E-state index >= 15 is 0 Å². The summed E-state index contributed by atoms with van der Waals surface area (Å²) in [7, 11) is 2.11. The summed E-state index contributed by atoms with van der Waals surface area (Å²) in [6.07, 6.45) is 4.94. The molecule has 1 aromatic rings. The van der Waals surface area contributed by atoms with Gasteiger partial charge in [-0.2, -0.15) is 0 Å². The Morgan fingerprint density at radius 2 is 2.31 bits per heavy atom. The van der Waals surface area contributed by atoms with Crippen LogP contribution in [0.4, 0.5) is 5.69 Å². The van der Waals surface area contributed by atoms with Gasteiger partial charge < -0.3 is 4.90 Å². The first-order valence-electron chi connectivity index (χ1n) is 4.85. The SMILES string of the molecule is CCC(C)CN(C)c1cccnc1. The van der Waals surface area contributed by atoms with E-state index in [0.29, 0.717) is 0 Å². The van der Waals surface area contributed by atoms with Gasteiger partial charge in [-0.25, -0.2) is 0 Å². The zero-order valence-electron chi connectivity index (χ0n) is 8.70. The zero-order chi connectivity index (χ0) is 9.68. The smallest absolute Gasteiger partial charge is 0.0550 e. The van der Waals surface area contributed by atoms with Gasteiger partial charge in [0.25, 0.3) is 0 Å². The Morgan fingerprint density at radius 3 is 2.85 bits per heavy atom. The number of nitrogens with zero attached hydrogens (tertiary/aromatic N) is 2. The van der Waals surface area contributed by atoms with Gasteiger partial charge in [0.15, 0.2) is 0 Å². The van der Waals surface area contributed by atoms with Crippen LogP contribution in [0.3, 0.4) is 0 Å². The standard InChI is InChI=1S/C11H18N2/c1-4-10(2)9-13(3)11-6-5-7-12-8-11/h5-8,10H,4,9H2,1-3H3. The van der Waals surface area contributed by atoms with Crippen LogP contribution in [0, 0.1) is 5.92 Å². The van der Waals surface area contributed by atoms with Gasteiger partial charge in [0.2, 0.25) is 0 Å². The van der Waals surface area contributed by atoms with Crippen LogP contribution in [0.25, 0.3) is 0 Å². The Kier molecular flexibility index (Phi) is 3.74. The molecule has 0 aliphatic heterocycles. The molecule has 0 aliphatic rings. The molecule has 13 heavy (non-hydrogen) atoms. The van der Waals surface area contributed by atoms with E-state index in [4.69, 9.17) is 0 Å². The first-order chi connectivity index (χ1) is 6.24. The predicted octanol–water partition coefficient (Wildman–Crippen LogP) is 2.56. The van der Waals surface area contributed by atoms with Crippen LogP contribution in [-0.2, 0) is 0 Å². The third kappa shape index (κ3) is 3.05. The van der Waals surface area contributed by atoms with E-state index in [2.05, 4.69) is 36.8 Å². The van der Waals surface area contributed by atoms with Gasteiger partial charge in [0.1, 0.15) is 0 Å². The molecule has 0 N–H and O–H groups in total. The maximum Gasteiger partial charge on any atom is 0.0550 e. The molecule has 0 aliphatic carbocycles. The molecule has 0 saturated carbocycles. The average molecular weight is 178 g/mol. The van der Waals surface area contributed by atoms with Gasteiger partial charge in [-0.05, 0) is 18.1 Å². The summed E-state index contributed by atoms with van der Waals surface area (Å²) >= 11 is 0. The lowest BCUT2D eigenvalue weighted by Crippen LogP contribution is -2.23. The molecule has 2 heteroatoms. The summed E-state index contributed by atoms with van der Waals surface area (Å²) in [6.45, 7) is 5.59. The highest BCUT2D eigenvalue weighted by atomic mass is 15.1. The molecule has 0 fully saturated rings. The number of pyridine rings is 1. The predicted molar refractivity (Wildman–Crippen MR) is 57.0 cm³/mol. The normalized spacial score (nSPS) is 12.5. The van der Waals surface area contributed by atoms with Crippen molar-refractivity contribution in [3.05, 3.63) is 24.5 Å². The van der Waals surface area contributed by atoms with Crippen molar-refractivity contribution in [2.24, 2.45) is 5.92 Å². The average Bonchev–Trinajstić information content (AvgIpc) is 2.19. The quantitative estimate of drug-likeness (QED) is 0.704. The van der Waals surface area contributed by atoms with Crippen molar-refractivity contribution >= 4 is 5.69 Å². The van der Waals surface area contributed by atoms with Gasteiger partial charge in [-0.15, -0.1) is 0 Å². The van der Waals surface area contributed by atoms with E-state index in [1.165, 1.54) is 12.1 Å². The second kappa shape index (κ2) is 4.85. The van der Waals surface area contributed by atoms with Gasteiger partial charge >= 0.3 is 0 Å². The molecule has 1 heterocycles. The Morgan fingerprint density at radius 1 is 1.54 bits per heavy atom. The van der Waals surface area contributed by atoms with Crippen molar-refractivity contribution in [1.82, 2.24) is 4.98 Å². The van der Waals surface area contributed by atoms with E-state index in [1.54, 1.807) is 6.20 Å². The molecule has 0 radical (unpaired) electrons. The third-order valence-corrected chi connectivity index (χ3v) is 2.37. The minimum atomic E-state index is 0.741. The summed E-state index contributed by atoms with van der Waals surface area (Å²) in [5, 5.41) is 0. The van der Waals surface area contributed by atoms with Gasteiger partial charge in [-0.1, -0.05) is 20.3 Å². The molecule has 0 amide bonds. The first kappa shape index (κ1) is 10.0. The fraction of sp³-hybridized carbons (Fsp3) is 0.545. The number of hydrogen-bond donors (Lipinski definition) is 0. The van der Waals surface area contributed by atoms with Crippen molar-refractivity contribution < 1.29 is 0 Å². The summed E-state index contributed by atoms with van der Waals surface area (Å²) in [6, 6.07) is 4.07. The van der Waals surface area contributed by atoms with Crippen LogP contribution in [-0.4, -0.2) is 18.6 Å². The second-order valence-electron chi connectivity index (χ2n) is 3.61.